The molecule has 0 bridgehead atoms. The molecule has 1 N–H and O–H groups in total. The first-order valence-electron chi connectivity index (χ1n) is 10.8. The summed E-state index contributed by atoms with van der Waals surface area (Å²) in [7, 11) is 1.67. The second-order valence-electron chi connectivity index (χ2n) is 8.25. The molecule has 2 aliphatic rings. The van der Waals surface area contributed by atoms with E-state index in [-0.39, 0.29) is 23.8 Å². The number of methoxy groups -OCH3 is 1. The zero-order chi connectivity index (χ0) is 20.1. The van der Waals surface area contributed by atoms with E-state index in [1.165, 1.54) is 6.42 Å². The van der Waals surface area contributed by atoms with Crippen LogP contribution >= 0.6 is 0 Å². The second-order valence-corrected chi connectivity index (χ2v) is 8.25. The summed E-state index contributed by atoms with van der Waals surface area (Å²) in [6.07, 6.45) is 6.77. The van der Waals surface area contributed by atoms with Gasteiger partial charge >= 0.3 is 0 Å². The van der Waals surface area contributed by atoms with Crippen molar-refractivity contribution in [2.45, 2.75) is 76.3 Å². The Hall–Kier alpha value is -1.88. The molecule has 154 valence electrons. The number of nitrogens with one attached hydrogen (secondary N) is 1. The fourth-order valence-corrected chi connectivity index (χ4v) is 5.13. The maximum atomic E-state index is 13.5. The van der Waals surface area contributed by atoms with Crippen molar-refractivity contribution in [3.05, 3.63) is 35.4 Å². The molecule has 1 saturated carbocycles. The molecular formula is C23H34N2O3. The van der Waals surface area contributed by atoms with Gasteiger partial charge in [-0.2, -0.15) is 0 Å². The molecule has 5 nitrogen and oxygen atoms in total. The molecule has 1 fully saturated rings. The Bertz CT molecular complexity index is 697. The molecule has 2 amide bonds. The minimum Gasteiger partial charge on any atom is -0.385 e. The zero-order valence-corrected chi connectivity index (χ0v) is 17.5. The predicted octanol–water partition coefficient (Wildman–Crippen LogP) is 3.88. The fraction of sp³-hybridized carbons (Fsp3) is 0.652. The van der Waals surface area contributed by atoms with Crippen molar-refractivity contribution >= 4 is 11.8 Å². The van der Waals surface area contributed by atoms with Crippen LogP contribution in [0.2, 0.25) is 0 Å². The average Bonchev–Trinajstić information content (AvgIpc) is 2.72. The molecule has 1 aromatic rings. The zero-order valence-electron chi connectivity index (χ0n) is 17.5. The standard InChI is InChI=1S/C23H34N2O3/c1-4-17(2)25-22(27)19-12-7-6-11-18(19)20(21(26)24-15-10-16-28-3)23(25)13-8-5-9-14-23/h6-7,11-12,17,20H,4-5,8-10,13-16H2,1-3H3,(H,24,26)/t17-,20+/m1/s1. The lowest BCUT2D eigenvalue weighted by Gasteiger charge is -2.55. The summed E-state index contributed by atoms with van der Waals surface area (Å²) in [4.78, 5) is 29.1. The highest BCUT2D eigenvalue weighted by Gasteiger charge is 2.55. The molecule has 0 aromatic heterocycles. The summed E-state index contributed by atoms with van der Waals surface area (Å²) >= 11 is 0. The van der Waals surface area contributed by atoms with E-state index in [1.807, 2.05) is 24.3 Å². The van der Waals surface area contributed by atoms with Gasteiger partial charge in [0, 0.05) is 31.9 Å². The molecule has 1 spiro atoms. The fourth-order valence-electron chi connectivity index (χ4n) is 5.13. The van der Waals surface area contributed by atoms with Crippen LogP contribution in [0.3, 0.4) is 0 Å². The third kappa shape index (κ3) is 3.69. The molecule has 1 aliphatic carbocycles. The number of hydrogen-bond donors (Lipinski definition) is 1. The normalized spacial score (nSPS) is 22.0. The van der Waals surface area contributed by atoms with Crippen LogP contribution in [0.1, 0.15) is 80.6 Å². The van der Waals surface area contributed by atoms with Gasteiger partial charge in [-0.15, -0.1) is 0 Å². The third-order valence-electron chi connectivity index (χ3n) is 6.58. The van der Waals surface area contributed by atoms with Gasteiger partial charge in [0.1, 0.15) is 0 Å². The SMILES string of the molecule is CC[C@@H](C)N1C(=O)c2ccccc2[C@@H](C(=O)NCCCOC)C12CCCCC2. The number of hydrogen-bond acceptors (Lipinski definition) is 3. The molecule has 28 heavy (non-hydrogen) atoms. The van der Waals surface area contributed by atoms with Gasteiger partial charge in [0.25, 0.3) is 5.91 Å². The Labute approximate surface area is 168 Å². The first kappa shape index (κ1) is 20.8. The van der Waals surface area contributed by atoms with Gasteiger partial charge in [-0.05, 0) is 44.2 Å². The lowest BCUT2D eigenvalue weighted by Crippen LogP contribution is -2.64. The maximum absolute atomic E-state index is 13.5. The molecular weight excluding hydrogens is 352 g/mol. The van der Waals surface area contributed by atoms with Gasteiger partial charge in [-0.1, -0.05) is 44.4 Å². The summed E-state index contributed by atoms with van der Waals surface area (Å²) in [5.41, 5.74) is 1.18. The molecule has 0 unspecified atom stereocenters. The van der Waals surface area contributed by atoms with E-state index >= 15 is 0 Å². The van der Waals surface area contributed by atoms with E-state index in [4.69, 9.17) is 4.74 Å². The summed E-state index contributed by atoms with van der Waals surface area (Å²) < 4.78 is 5.11. The van der Waals surface area contributed by atoms with Crippen molar-refractivity contribution < 1.29 is 14.3 Å². The molecule has 5 heteroatoms. The van der Waals surface area contributed by atoms with E-state index in [0.717, 1.165) is 44.1 Å². The lowest BCUT2D eigenvalue weighted by molar-refractivity contribution is -0.128. The Morgan fingerprint density at radius 3 is 2.68 bits per heavy atom. The number of rotatable bonds is 7. The summed E-state index contributed by atoms with van der Waals surface area (Å²) in [6, 6.07) is 7.83. The van der Waals surface area contributed by atoms with E-state index in [2.05, 4.69) is 24.1 Å². The van der Waals surface area contributed by atoms with Crippen molar-refractivity contribution in [2.24, 2.45) is 0 Å². The highest BCUT2D eigenvalue weighted by atomic mass is 16.5. The minimum atomic E-state index is -0.412. The highest BCUT2D eigenvalue weighted by molar-refractivity contribution is 6.02. The maximum Gasteiger partial charge on any atom is 0.254 e. The molecule has 1 aromatic carbocycles. The quantitative estimate of drug-likeness (QED) is 0.724. The number of carbonyl (C=O) groups is 2. The molecule has 0 radical (unpaired) electrons. The van der Waals surface area contributed by atoms with Crippen molar-refractivity contribution in [3.63, 3.8) is 0 Å². The van der Waals surface area contributed by atoms with Crippen molar-refractivity contribution in [3.8, 4) is 0 Å². The van der Waals surface area contributed by atoms with Crippen LogP contribution in [-0.4, -0.2) is 48.6 Å². The Morgan fingerprint density at radius 2 is 2.00 bits per heavy atom. The van der Waals surface area contributed by atoms with Gasteiger partial charge < -0.3 is 15.0 Å². The van der Waals surface area contributed by atoms with Gasteiger partial charge in [-0.25, -0.2) is 0 Å². The van der Waals surface area contributed by atoms with Crippen LogP contribution in [0.5, 0.6) is 0 Å². The first-order chi connectivity index (χ1) is 13.6. The number of fused-ring (bicyclic) bond motifs is 1. The molecule has 1 heterocycles. The summed E-state index contributed by atoms with van der Waals surface area (Å²) in [6.45, 7) is 5.47. The van der Waals surface area contributed by atoms with Gasteiger partial charge in [-0.3, -0.25) is 9.59 Å². The van der Waals surface area contributed by atoms with Crippen molar-refractivity contribution in [2.75, 3.05) is 20.3 Å². The molecule has 3 rings (SSSR count). The van der Waals surface area contributed by atoms with Gasteiger partial charge in [0.15, 0.2) is 0 Å². The van der Waals surface area contributed by atoms with Gasteiger partial charge in [0.05, 0.1) is 11.5 Å². The Morgan fingerprint density at radius 1 is 1.29 bits per heavy atom. The second kappa shape index (κ2) is 9.08. The Balaban J connectivity index is 2.04. The summed E-state index contributed by atoms with van der Waals surface area (Å²) in [5, 5.41) is 3.14. The highest BCUT2D eigenvalue weighted by Crippen LogP contribution is 2.50. The van der Waals surface area contributed by atoms with Crippen LogP contribution in [-0.2, 0) is 9.53 Å². The smallest absolute Gasteiger partial charge is 0.254 e. The third-order valence-corrected chi connectivity index (χ3v) is 6.58. The number of benzene rings is 1. The summed E-state index contributed by atoms with van der Waals surface area (Å²) in [5.74, 6) is -0.167. The topological polar surface area (TPSA) is 58.6 Å². The van der Waals surface area contributed by atoms with E-state index in [9.17, 15) is 9.59 Å². The van der Waals surface area contributed by atoms with E-state index in [1.54, 1.807) is 7.11 Å². The average molecular weight is 387 g/mol. The molecule has 1 aliphatic heterocycles. The Kier molecular flexibility index (Phi) is 6.76. The van der Waals surface area contributed by atoms with Crippen LogP contribution < -0.4 is 5.32 Å². The number of carbonyl (C=O) groups excluding carboxylic acids is 2. The molecule has 2 atom stereocenters. The van der Waals surface area contributed by atoms with Crippen LogP contribution in [0, 0.1) is 0 Å². The predicted molar refractivity (Wildman–Crippen MR) is 110 cm³/mol. The van der Waals surface area contributed by atoms with Crippen LogP contribution in [0.4, 0.5) is 0 Å². The van der Waals surface area contributed by atoms with E-state index in [0.29, 0.717) is 18.7 Å². The minimum absolute atomic E-state index is 0.0475. The first-order valence-corrected chi connectivity index (χ1v) is 10.8. The molecule has 0 saturated heterocycles. The largest absolute Gasteiger partial charge is 0.385 e. The van der Waals surface area contributed by atoms with E-state index < -0.39 is 5.54 Å². The van der Waals surface area contributed by atoms with Crippen molar-refractivity contribution in [1.82, 2.24) is 10.2 Å². The van der Waals surface area contributed by atoms with Gasteiger partial charge in [0.2, 0.25) is 5.91 Å². The number of nitrogens with zero attached hydrogens (tertiary/aromatic N) is 1. The van der Waals surface area contributed by atoms with Crippen LogP contribution in [0.15, 0.2) is 24.3 Å². The monoisotopic (exact) mass is 386 g/mol. The number of ether oxygens (including phenoxy) is 1. The lowest BCUT2D eigenvalue weighted by atomic mass is 9.64. The number of amides is 2. The van der Waals surface area contributed by atoms with Crippen LogP contribution in [0.25, 0.3) is 0 Å². The van der Waals surface area contributed by atoms with Crippen molar-refractivity contribution in [1.29, 1.82) is 0 Å².